The number of benzene rings is 1. The number of esters is 1. The van der Waals surface area contributed by atoms with Crippen molar-refractivity contribution in [3.8, 4) is 0 Å². The molecule has 29 heavy (non-hydrogen) atoms. The van der Waals surface area contributed by atoms with Crippen molar-refractivity contribution >= 4 is 21.9 Å². The maximum Gasteiger partial charge on any atom is 0.324 e. The van der Waals surface area contributed by atoms with Gasteiger partial charge in [-0.3, -0.25) is 9.59 Å². The van der Waals surface area contributed by atoms with E-state index in [1.165, 1.54) is 4.31 Å². The van der Waals surface area contributed by atoms with Crippen LogP contribution in [0.1, 0.15) is 52.5 Å². The highest BCUT2D eigenvalue weighted by atomic mass is 32.2. The minimum atomic E-state index is -3.82. The summed E-state index contributed by atoms with van der Waals surface area (Å²) in [6, 6.07) is 5.62. The number of carbonyl (C=O) groups is 2. The van der Waals surface area contributed by atoms with Gasteiger partial charge in [0.25, 0.3) is 5.91 Å². The topological polar surface area (TPSA) is 84.0 Å². The number of piperidine rings is 1. The van der Waals surface area contributed by atoms with Gasteiger partial charge >= 0.3 is 5.97 Å². The Morgan fingerprint density at radius 1 is 1.10 bits per heavy atom. The highest BCUT2D eigenvalue weighted by Crippen LogP contribution is 2.26. The Kier molecular flexibility index (Phi) is 7.82. The predicted octanol–water partition coefficient (Wildman–Crippen LogP) is 2.73. The fourth-order valence-corrected chi connectivity index (χ4v) is 5.40. The van der Waals surface area contributed by atoms with Crippen LogP contribution in [0.3, 0.4) is 0 Å². The van der Waals surface area contributed by atoms with Crippen LogP contribution in [0.2, 0.25) is 0 Å². The van der Waals surface area contributed by atoms with Gasteiger partial charge in [-0.1, -0.05) is 17.7 Å². The van der Waals surface area contributed by atoms with Gasteiger partial charge < -0.3 is 9.64 Å². The molecule has 1 saturated heterocycles. The summed E-state index contributed by atoms with van der Waals surface area (Å²) in [6.45, 7) is 9.35. The summed E-state index contributed by atoms with van der Waals surface area (Å²) in [6.07, 6.45) is 1.80. The molecule has 162 valence electrons. The van der Waals surface area contributed by atoms with Gasteiger partial charge in [-0.05, 0) is 66.0 Å². The Bertz CT molecular complexity index is 810. The fourth-order valence-electron chi connectivity index (χ4n) is 3.75. The van der Waals surface area contributed by atoms with E-state index in [4.69, 9.17) is 4.74 Å². The van der Waals surface area contributed by atoms with E-state index in [-0.39, 0.29) is 36.0 Å². The van der Waals surface area contributed by atoms with Crippen LogP contribution in [-0.4, -0.2) is 60.8 Å². The molecule has 1 amide bonds. The number of ether oxygens (including phenoxy) is 1. The molecule has 0 N–H and O–H groups in total. The van der Waals surface area contributed by atoms with Crippen LogP contribution in [0, 0.1) is 6.92 Å². The van der Waals surface area contributed by atoms with Crippen molar-refractivity contribution in [1.29, 1.82) is 0 Å². The zero-order chi connectivity index (χ0) is 21.8. The zero-order valence-electron chi connectivity index (χ0n) is 17.9. The lowest BCUT2D eigenvalue weighted by Gasteiger charge is -2.34. The molecule has 0 bridgehead atoms. The Morgan fingerprint density at radius 3 is 2.24 bits per heavy atom. The molecule has 0 radical (unpaired) electrons. The first kappa shape index (κ1) is 23.3. The third-order valence-electron chi connectivity index (χ3n) is 5.09. The number of sulfonamides is 1. The van der Waals surface area contributed by atoms with E-state index in [9.17, 15) is 18.0 Å². The number of rotatable bonds is 7. The summed E-state index contributed by atoms with van der Waals surface area (Å²) < 4.78 is 32.7. The molecule has 0 saturated carbocycles. The van der Waals surface area contributed by atoms with Crippen LogP contribution >= 0.6 is 0 Å². The summed E-state index contributed by atoms with van der Waals surface area (Å²) in [5, 5.41) is 0. The maximum absolute atomic E-state index is 13.1. The van der Waals surface area contributed by atoms with Crippen LogP contribution in [0.5, 0.6) is 0 Å². The molecule has 7 nitrogen and oxygen atoms in total. The molecule has 2 rings (SSSR count). The first-order valence-electron chi connectivity index (χ1n) is 10.1. The van der Waals surface area contributed by atoms with E-state index in [1.54, 1.807) is 29.2 Å². The summed E-state index contributed by atoms with van der Waals surface area (Å²) in [5.41, 5.74) is 0.955. The van der Waals surface area contributed by atoms with Crippen LogP contribution < -0.4 is 0 Å². The highest BCUT2D eigenvalue weighted by Gasteiger charge is 2.39. The predicted molar refractivity (Wildman–Crippen MR) is 111 cm³/mol. The molecule has 0 aliphatic carbocycles. The van der Waals surface area contributed by atoms with Gasteiger partial charge in [-0.15, -0.1) is 0 Å². The zero-order valence-corrected chi connectivity index (χ0v) is 18.7. The minimum absolute atomic E-state index is 0.0192. The minimum Gasteiger partial charge on any atom is -0.454 e. The summed E-state index contributed by atoms with van der Waals surface area (Å²) >= 11 is 0. The van der Waals surface area contributed by atoms with Crippen molar-refractivity contribution < 1.29 is 22.7 Å². The Balaban J connectivity index is 2.13. The van der Waals surface area contributed by atoms with Gasteiger partial charge in [0.05, 0.1) is 4.90 Å². The van der Waals surface area contributed by atoms with Crippen molar-refractivity contribution in [2.24, 2.45) is 0 Å². The standard InChI is InChI=1S/C21H32N2O5S/c1-15(2)23(16(3)4)20(24)14-28-21(25)19-8-6-7-13-22(19)29(26,27)18-11-9-17(5)10-12-18/h9-12,15-16,19H,6-8,13-14H2,1-5H3/t19-/m1/s1. The van der Waals surface area contributed by atoms with E-state index in [2.05, 4.69) is 0 Å². The van der Waals surface area contributed by atoms with Crippen LogP contribution in [0.15, 0.2) is 29.2 Å². The van der Waals surface area contributed by atoms with Crippen molar-refractivity contribution in [2.75, 3.05) is 13.2 Å². The first-order valence-corrected chi connectivity index (χ1v) is 11.6. The van der Waals surface area contributed by atoms with Gasteiger partial charge in [0, 0.05) is 18.6 Å². The number of nitrogens with zero attached hydrogens (tertiary/aromatic N) is 2. The Morgan fingerprint density at radius 2 is 1.69 bits per heavy atom. The second-order valence-corrected chi connectivity index (χ2v) is 9.93. The molecule has 0 aromatic heterocycles. The lowest BCUT2D eigenvalue weighted by Crippen LogP contribution is -2.49. The molecule has 8 heteroatoms. The molecule has 1 aromatic carbocycles. The SMILES string of the molecule is Cc1ccc(S(=O)(=O)N2CCCC[C@@H]2C(=O)OCC(=O)N(C(C)C)C(C)C)cc1. The molecule has 0 spiro atoms. The molecule has 1 aromatic rings. The van der Waals surface area contributed by atoms with Crippen molar-refractivity contribution in [1.82, 2.24) is 9.21 Å². The van der Waals surface area contributed by atoms with E-state index >= 15 is 0 Å². The number of amides is 1. The Labute approximate surface area is 174 Å². The van der Waals surface area contributed by atoms with E-state index < -0.39 is 22.0 Å². The lowest BCUT2D eigenvalue weighted by molar-refractivity contribution is -0.157. The van der Waals surface area contributed by atoms with Gasteiger partial charge in [-0.25, -0.2) is 8.42 Å². The number of aryl methyl sites for hydroxylation is 1. The monoisotopic (exact) mass is 424 g/mol. The largest absolute Gasteiger partial charge is 0.454 e. The molecule has 1 aliphatic heterocycles. The summed E-state index contributed by atoms with van der Waals surface area (Å²) in [5.74, 6) is -0.951. The van der Waals surface area contributed by atoms with Crippen LogP contribution in [-0.2, 0) is 24.3 Å². The second kappa shape index (κ2) is 9.71. The summed E-state index contributed by atoms with van der Waals surface area (Å²) in [7, 11) is -3.82. The quantitative estimate of drug-likeness (QED) is 0.629. The Hall–Kier alpha value is -1.93. The molecule has 1 aliphatic rings. The van der Waals surface area contributed by atoms with Gasteiger partial charge in [0.2, 0.25) is 10.0 Å². The smallest absolute Gasteiger partial charge is 0.324 e. The van der Waals surface area contributed by atoms with Crippen molar-refractivity contribution in [3.05, 3.63) is 29.8 Å². The van der Waals surface area contributed by atoms with Crippen molar-refractivity contribution in [2.45, 2.75) is 76.9 Å². The van der Waals surface area contributed by atoms with Crippen molar-refractivity contribution in [3.63, 3.8) is 0 Å². The first-order chi connectivity index (χ1) is 13.6. The number of hydrogen-bond donors (Lipinski definition) is 0. The average molecular weight is 425 g/mol. The molecule has 1 atom stereocenters. The molecular formula is C21H32N2O5S. The van der Waals surface area contributed by atoms with Gasteiger partial charge in [0.1, 0.15) is 6.04 Å². The normalized spacial score (nSPS) is 18.1. The summed E-state index contributed by atoms with van der Waals surface area (Å²) in [4.78, 5) is 27.0. The van der Waals surface area contributed by atoms with Crippen LogP contribution in [0.25, 0.3) is 0 Å². The van der Waals surface area contributed by atoms with E-state index in [1.807, 2.05) is 34.6 Å². The van der Waals surface area contributed by atoms with Crippen LogP contribution in [0.4, 0.5) is 0 Å². The average Bonchev–Trinajstić information content (AvgIpc) is 2.66. The van der Waals surface area contributed by atoms with Gasteiger partial charge in [-0.2, -0.15) is 4.31 Å². The van der Waals surface area contributed by atoms with E-state index in [0.717, 1.165) is 12.0 Å². The highest BCUT2D eigenvalue weighted by molar-refractivity contribution is 7.89. The molecule has 1 heterocycles. The molecular weight excluding hydrogens is 392 g/mol. The number of hydrogen-bond acceptors (Lipinski definition) is 5. The third kappa shape index (κ3) is 5.57. The molecule has 0 unspecified atom stereocenters. The fraction of sp³-hybridized carbons (Fsp3) is 0.619. The maximum atomic E-state index is 13.1. The third-order valence-corrected chi connectivity index (χ3v) is 7.01. The number of carbonyl (C=O) groups excluding carboxylic acids is 2. The lowest BCUT2D eigenvalue weighted by atomic mass is 10.1. The van der Waals surface area contributed by atoms with Gasteiger partial charge in [0.15, 0.2) is 6.61 Å². The molecule has 1 fully saturated rings. The van der Waals surface area contributed by atoms with E-state index in [0.29, 0.717) is 12.8 Å². The second-order valence-electron chi connectivity index (χ2n) is 8.04.